The van der Waals surface area contributed by atoms with Gasteiger partial charge in [-0.15, -0.1) is 0 Å². The molecular weight excluding hydrogens is 257 g/mol. The van der Waals surface area contributed by atoms with Gasteiger partial charge in [0.1, 0.15) is 11.9 Å². The van der Waals surface area contributed by atoms with Crippen LogP contribution in [0.3, 0.4) is 0 Å². The first-order valence-electron chi connectivity index (χ1n) is 5.50. The molecule has 1 fully saturated rings. The number of hydrogen-bond acceptors (Lipinski definition) is 3. The predicted molar refractivity (Wildman–Crippen MR) is 64.5 cm³/mol. The molecule has 0 amide bonds. The average molecular weight is 269 g/mol. The number of nitrogens with one attached hydrogen (secondary N) is 1. The minimum absolute atomic E-state index is 0.184. The summed E-state index contributed by atoms with van der Waals surface area (Å²) in [6, 6.07) is 5.22. The van der Waals surface area contributed by atoms with Crippen molar-refractivity contribution in [2.75, 3.05) is 17.8 Å². The standard InChI is InChI=1S/C11H12FN3O2S/c12-11-4-3-10(7-9(11)8-13)14-18(16,17)15-5-1-2-6-15/h3-4,7,14H,1-2,5-6H2. The SMILES string of the molecule is N#Cc1cc(NS(=O)(=O)N2CCCC2)ccc1F. The highest BCUT2D eigenvalue weighted by Gasteiger charge is 2.25. The molecule has 5 nitrogen and oxygen atoms in total. The van der Waals surface area contributed by atoms with Crippen molar-refractivity contribution in [3.8, 4) is 6.07 Å². The topological polar surface area (TPSA) is 73.2 Å². The third-order valence-corrected chi connectivity index (χ3v) is 4.28. The molecule has 0 radical (unpaired) electrons. The molecule has 18 heavy (non-hydrogen) atoms. The van der Waals surface area contributed by atoms with E-state index in [-0.39, 0.29) is 11.3 Å². The Kier molecular flexibility index (Phi) is 3.50. The smallest absolute Gasteiger partial charge is 0.271 e. The lowest BCUT2D eigenvalue weighted by Crippen LogP contribution is -2.33. The van der Waals surface area contributed by atoms with Crippen LogP contribution < -0.4 is 4.72 Å². The van der Waals surface area contributed by atoms with Gasteiger partial charge in [-0.25, -0.2) is 4.39 Å². The van der Waals surface area contributed by atoms with Crippen LogP contribution in [-0.4, -0.2) is 25.8 Å². The van der Waals surface area contributed by atoms with Gasteiger partial charge in [0.2, 0.25) is 0 Å². The molecule has 0 spiro atoms. The molecule has 0 aromatic heterocycles. The second-order valence-electron chi connectivity index (χ2n) is 4.02. The van der Waals surface area contributed by atoms with Crippen LogP contribution in [0.15, 0.2) is 18.2 Å². The molecule has 0 aliphatic carbocycles. The summed E-state index contributed by atoms with van der Waals surface area (Å²) in [5, 5.41) is 8.68. The van der Waals surface area contributed by atoms with Gasteiger partial charge in [-0.1, -0.05) is 0 Å². The molecule has 1 heterocycles. The Morgan fingerprint density at radius 1 is 1.33 bits per heavy atom. The highest BCUT2D eigenvalue weighted by atomic mass is 32.2. The number of rotatable bonds is 3. The number of nitrogens with zero attached hydrogens (tertiary/aromatic N) is 2. The second-order valence-corrected chi connectivity index (χ2v) is 5.69. The van der Waals surface area contributed by atoms with Gasteiger partial charge in [-0.05, 0) is 31.0 Å². The van der Waals surface area contributed by atoms with E-state index in [4.69, 9.17) is 5.26 Å². The van der Waals surface area contributed by atoms with Crippen LogP contribution >= 0.6 is 0 Å². The van der Waals surface area contributed by atoms with Crippen molar-refractivity contribution in [3.63, 3.8) is 0 Å². The summed E-state index contributed by atoms with van der Waals surface area (Å²) in [6.07, 6.45) is 1.68. The number of hydrogen-bond donors (Lipinski definition) is 1. The molecule has 0 bridgehead atoms. The van der Waals surface area contributed by atoms with Gasteiger partial charge in [-0.2, -0.15) is 18.0 Å². The molecule has 2 rings (SSSR count). The third kappa shape index (κ3) is 2.60. The van der Waals surface area contributed by atoms with E-state index < -0.39 is 16.0 Å². The molecule has 1 aromatic rings. The fraction of sp³-hybridized carbons (Fsp3) is 0.364. The van der Waals surface area contributed by atoms with Crippen LogP contribution in [0, 0.1) is 17.1 Å². The summed E-state index contributed by atoms with van der Waals surface area (Å²) >= 11 is 0. The fourth-order valence-electron chi connectivity index (χ4n) is 1.82. The van der Waals surface area contributed by atoms with Crippen molar-refractivity contribution >= 4 is 15.9 Å². The summed E-state index contributed by atoms with van der Waals surface area (Å²) in [5.41, 5.74) is 0.0106. The van der Waals surface area contributed by atoms with E-state index in [9.17, 15) is 12.8 Å². The normalized spacial score (nSPS) is 16.4. The lowest BCUT2D eigenvalue weighted by molar-refractivity contribution is 0.482. The molecule has 1 N–H and O–H groups in total. The zero-order valence-electron chi connectivity index (χ0n) is 9.56. The monoisotopic (exact) mass is 269 g/mol. The van der Waals surface area contributed by atoms with E-state index in [0.29, 0.717) is 13.1 Å². The van der Waals surface area contributed by atoms with Crippen molar-refractivity contribution < 1.29 is 12.8 Å². The summed E-state index contributed by atoms with van der Waals surface area (Å²) in [7, 11) is -3.60. The molecule has 1 aliphatic rings. The van der Waals surface area contributed by atoms with Gasteiger partial charge in [0.25, 0.3) is 0 Å². The minimum atomic E-state index is -3.60. The van der Waals surface area contributed by atoms with Crippen LogP contribution in [-0.2, 0) is 10.2 Å². The Hall–Kier alpha value is -1.65. The number of halogens is 1. The Bertz CT molecular complexity index is 589. The summed E-state index contributed by atoms with van der Waals surface area (Å²) < 4.78 is 40.6. The number of anilines is 1. The van der Waals surface area contributed by atoms with Crippen LogP contribution in [0.5, 0.6) is 0 Å². The van der Waals surface area contributed by atoms with Crippen molar-refractivity contribution in [1.82, 2.24) is 4.31 Å². The largest absolute Gasteiger partial charge is 0.301 e. The third-order valence-electron chi connectivity index (χ3n) is 2.74. The van der Waals surface area contributed by atoms with Crippen LogP contribution in [0.25, 0.3) is 0 Å². The van der Waals surface area contributed by atoms with Crippen LogP contribution in [0.4, 0.5) is 10.1 Å². The number of benzene rings is 1. The van der Waals surface area contributed by atoms with Gasteiger partial charge in [-0.3, -0.25) is 4.72 Å². The molecular formula is C11H12FN3O2S. The zero-order chi connectivity index (χ0) is 13.2. The van der Waals surface area contributed by atoms with E-state index in [1.807, 2.05) is 0 Å². The maximum absolute atomic E-state index is 13.1. The van der Waals surface area contributed by atoms with E-state index in [0.717, 1.165) is 18.9 Å². The van der Waals surface area contributed by atoms with E-state index in [1.54, 1.807) is 6.07 Å². The molecule has 0 unspecified atom stereocenters. The van der Waals surface area contributed by atoms with E-state index in [2.05, 4.69) is 4.72 Å². The first-order valence-corrected chi connectivity index (χ1v) is 6.94. The molecule has 7 heteroatoms. The summed E-state index contributed by atoms with van der Waals surface area (Å²) in [4.78, 5) is 0. The highest BCUT2D eigenvalue weighted by molar-refractivity contribution is 7.90. The van der Waals surface area contributed by atoms with Gasteiger partial charge in [0, 0.05) is 13.1 Å². The van der Waals surface area contributed by atoms with E-state index in [1.165, 1.54) is 16.4 Å². The maximum Gasteiger partial charge on any atom is 0.301 e. The first-order chi connectivity index (χ1) is 8.53. The Morgan fingerprint density at radius 2 is 2.00 bits per heavy atom. The Labute approximate surface area is 105 Å². The molecule has 96 valence electrons. The Balaban J connectivity index is 2.21. The molecule has 1 saturated heterocycles. The van der Waals surface area contributed by atoms with Crippen molar-refractivity contribution in [2.24, 2.45) is 0 Å². The van der Waals surface area contributed by atoms with Crippen molar-refractivity contribution in [2.45, 2.75) is 12.8 Å². The predicted octanol–water partition coefficient (Wildman–Crippen LogP) is 1.45. The number of nitriles is 1. The lowest BCUT2D eigenvalue weighted by atomic mass is 10.2. The lowest BCUT2D eigenvalue weighted by Gasteiger charge is -2.16. The van der Waals surface area contributed by atoms with Crippen molar-refractivity contribution in [1.29, 1.82) is 5.26 Å². The van der Waals surface area contributed by atoms with Gasteiger partial charge < -0.3 is 0 Å². The quantitative estimate of drug-likeness (QED) is 0.902. The molecule has 0 atom stereocenters. The zero-order valence-corrected chi connectivity index (χ0v) is 10.4. The van der Waals surface area contributed by atoms with Gasteiger partial charge in [0.05, 0.1) is 11.3 Å². The molecule has 0 saturated carbocycles. The maximum atomic E-state index is 13.1. The van der Waals surface area contributed by atoms with Gasteiger partial charge >= 0.3 is 10.2 Å². The van der Waals surface area contributed by atoms with Crippen molar-refractivity contribution in [3.05, 3.63) is 29.6 Å². The van der Waals surface area contributed by atoms with Crippen LogP contribution in [0.1, 0.15) is 18.4 Å². The van der Waals surface area contributed by atoms with E-state index >= 15 is 0 Å². The van der Waals surface area contributed by atoms with Gasteiger partial charge in [0.15, 0.2) is 0 Å². The first kappa shape index (κ1) is 12.8. The molecule has 1 aliphatic heterocycles. The highest BCUT2D eigenvalue weighted by Crippen LogP contribution is 2.18. The molecule has 1 aromatic carbocycles. The summed E-state index contributed by atoms with van der Waals surface area (Å²) in [5.74, 6) is -0.665. The average Bonchev–Trinajstić information content (AvgIpc) is 2.85. The second kappa shape index (κ2) is 4.92. The summed E-state index contributed by atoms with van der Waals surface area (Å²) in [6.45, 7) is 0.975. The fourth-order valence-corrected chi connectivity index (χ4v) is 3.11. The Morgan fingerprint density at radius 3 is 2.61 bits per heavy atom. The van der Waals surface area contributed by atoms with Crippen LogP contribution in [0.2, 0.25) is 0 Å². The minimum Gasteiger partial charge on any atom is -0.271 e.